The van der Waals surface area contributed by atoms with Gasteiger partial charge in [-0.1, -0.05) is 18.9 Å². The van der Waals surface area contributed by atoms with Gasteiger partial charge in [0.25, 0.3) is 5.91 Å². The van der Waals surface area contributed by atoms with E-state index < -0.39 is 5.60 Å². The third-order valence-corrected chi connectivity index (χ3v) is 7.22. The van der Waals surface area contributed by atoms with Gasteiger partial charge in [0.15, 0.2) is 11.5 Å². The van der Waals surface area contributed by atoms with Crippen LogP contribution in [0.25, 0.3) is 0 Å². The van der Waals surface area contributed by atoms with E-state index in [-0.39, 0.29) is 17.9 Å². The second kappa shape index (κ2) is 9.51. The average molecular weight is 456 g/mol. The van der Waals surface area contributed by atoms with Crippen molar-refractivity contribution in [3.8, 4) is 23.0 Å². The van der Waals surface area contributed by atoms with Gasteiger partial charge in [-0.05, 0) is 49.1 Å². The van der Waals surface area contributed by atoms with Crippen LogP contribution in [-0.2, 0) is 0 Å². The maximum absolute atomic E-state index is 13.9. The molecule has 1 amide bonds. The lowest BCUT2D eigenvalue weighted by molar-refractivity contribution is -0.115. The van der Waals surface area contributed by atoms with Gasteiger partial charge in [0, 0.05) is 18.5 Å². The molecule has 0 bridgehead atoms. The highest BCUT2D eigenvalue weighted by atomic mass is 16.5. The standard InChI is InChI=1S/C26H33NO6/c1-30-18-9-10-19(22(16-18)32-3)25(28)27-14-13-26(29)12-6-5-7-20(26)24(27)17-8-11-21(31-2)23(15-17)33-4/h8-11,15-16,20,24,29H,5-7,12-14H2,1-4H3. The van der Waals surface area contributed by atoms with Crippen LogP contribution < -0.4 is 18.9 Å². The van der Waals surface area contributed by atoms with E-state index in [1.54, 1.807) is 46.6 Å². The fraction of sp³-hybridized carbons (Fsp3) is 0.500. The third kappa shape index (κ3) is 4.22. The molecule has 3 unspecified atom stereocenters. The van der Waals surface area contributed by atoms with E-state index in [0.29, 0.717) is 41.5 Å². The number of benzene rings is 2. The van der Waals surface area contributed by atoms with Crippen molar-refractivity contribution >= 4 is 5.91 Å². The molecule has 2 aromatic carbocycles. The summed E-state index contributed by atoms with van der Waals surface area (Å²) >= 11 is 0. The molecule has 1 saturated heterocycles. The number of rotatable bonds is 6. The van der Waals surface area contributed by atoms with Crippen LogP contribution >= 0.6 is 0 Å². The highest BCUT2D eigenvalue weighted by Crippen LogP contribution is 2.50. The summed E-state index contributed by atoms with van der Waals surface area (Å²) in [6.45, 7) is 0.458. The first kappa shape index (κ1) is 23.2. The fourth-order valence-corrected chi connectivity index (χ4v) is 5.49. The highest BCUT2D eigenvalue weighted by Gasteiger charge is 2.50. The van der Waals surface area contributed by atoms with Crippen LogP contribution in [0.15, 0.2) is 36.4 Å². The average Bonchev–Trinajstić information content (AvgIpc) is 2.86. The van der Waals surface area contributed by atoms with Crippen LogP contribution in [0.3, 0.4) is 0 Å². The third-order valence-electron chi connectivity index (χ3n) is 7.22. The van der Waals surface area contributed by atoms with Gasteiger partial charge in [-0.2, -0.15) is 0 Å². The van der Waals surface area contributed by atoms with Crippen LogP contribution in [0.5, 0.6) is 23.0 Å². The van der Waals surface area contributed by atoms with E-state index in [9.17, 15) is 9.90 Å². The van der Waals surface area contributed by atoms with Crippen LogP contribution in [0.4, 0.5) is 0 Å². The van der Waals surface area contributed by atoms with E-state index in [0.717, 1.165) is 31.2 Å². The Kier molecular flexibility index (Phi) is 6.70. The van der Waals surface area contributed by atoms with Crippen molar-refractivity contribution in [2.24, 2.45) is 5.92 Å². The Morgan fingerprint density at radius 1 is 0.909 bits per heavy atom. The smallest absolute Gasteiger partial charge is 0.258 e. The minimum absolute atomic E-state index is 0.0636. The molecule has 1 aliphatic heterocycles. The predicted molar refractivity (Wildman–Crippen MR) is 124 cm³/mol. The first-order valence-corrected chi connectivity index (χ1v) is 11.4. The van der Waals surface area contributed by atoms with Crippen molar-refractivity contribution in [1.82, 2.24) is 4.90 Å². The number of aliphatic hydroxyl groups is 1. The van der Waals surface area contributed by atoms with Crippen LogP contribution in [0, 0.1) is 5.92 Å². The summed E-state index contributed by atoms with van der Waals surface area (Å²) < 4.78 is 21.8. The lowest BCUT2D eigenvalue weighted by Crippen LogP contribution is -2.56. The molecule has 7 nitrogen and oxygen atoms in total. The number of carbonyl (C=O) groups is 1. The molecule has 1 N–H and O–H groups in total. The molecule has 2 aliphatic rings. The Morgan fingerprint density at radius 3 is 2.36 bits per heavy atom. The van der Waals surface area contributed by atoms with Gasteiger partial charge < -0.3 is 29.0 Å². The summed E-state index contributed by atoms with van der Waals surface area (Å²) in [5.41, 5.74) is 0.625. The van der Waals surface area contributed by atoms with E-state index >= 15 is 0 Å². The van der Waals surface area contributed by atoms with Crippen molar-refractivity contribution < 1.29 is 28.8 Å². The zero-order valence-corrected chi connectivity index (χ0v) is 19.8. The van der Waals surface area contributed by atoms with Gasteiger partial charge in [0.1, 0.15) is 11.5 Å². The number of nitrogens with zero attached hydrogens (tertiary/aromatic N) is 1. The van der Waals surface area contributed by atoms with Crippen molar-refractivity contribution in [1.29, 1.82) is 0 Å². The van der Waals surface area contributed by atoms with E-state index in [2.05, 4.69) is 0 Å². The summed E-state index contributed by atoms with van der Waals surface area (Å²) in [5.74, 6) is 2.14. The maximum Gasteiger partial charge on any atom is 0.258 e. The first-order valence-electron chi connectivity index (χ1n) is 11.4. The summed E-state index contributed by atoms with van der Waals surface area (Å²) in [5, 5.41) is 11.6. The molecular weight excluding hydrogens is 422 g/mol. The largest absolute Gasteiger partial charge is 0.497 e. The van der Waals surface area contributed by atoms with Crippen molar-refractivity contribution in [2.75, 3.05) is 35.0 Å². The molecule has 7 heteroatoms. The number of methoxy groups -OCH3 is 4. The molecule has 2 fully saturated rings. The first-order chi connectivity index (χ1) is 16.0. The van der Waals surface area contributed by atoms with Gasteiger partial charge in [-0.15, -0.1) is 0 Å². The van der Waals surface area contributed by atoms with Gasteiger partial charge in [-0.25, -0.2) is 0 Å². The normalized spacial score (nSPS) is 24.6. The molecule has 1 saturated carbocycles. The van der Waals surface area contributed by atoms with E-state index in [4.69, 9.17) is 18.9 Å². The highest BCUT2D eigenvalue weighted by molar-refractivity contribution is 5.97. The van der Waals surface area contributed by atoms with Gasteiger partial charge in [0.2, 0.25) is 0 Å². The van der Waals surface area contributed by atoms with Gasteiger partial charge in [0.05, 0.1) is 45.6 Å². The lowest BCUT2D eigenvalue weighted by Gasteiger charge is -2.52. The van der Waals surface area contributed by atoms with Gasteiger partial charge in [-0.3, -0.25) is 4.79 Å². The van der Waals surface area contributed by atoms with E-state index in [1.807, 2.05) is 23.1 Å². The molecule has 1 aliphatic carbocycles. The number of fused-ring (bicyclic) bond motifs is 1. The maximum atomic E-state index is 13.9. The molecule has 2 aromatic rings. The number of likely N-dealkylation sites (tertiary alicyclic amines) is 1. The molecule has 4 rings (SSSR count). The quantitative estimate of drug-likeness (QED) is 0.703. The van der Waals surface area contributed by atoms with E-state index in [1.165, 1.54) is 0 Å². The molecule has 0 aromatic heterocycles. The summed E-state index contributed by atoms with van der Waals surface area (Å²) in [6, 6.07) is 10.7. The predicted octanol–water partition coefficient (Wildman–Crippen LogP) is 4.23. The monoisotopic (exact) mass is 455 g/mol. The van der Waals surface area contributed by atoms with Crippen molar-refractivity contribution in [3.05, 3.63) is 47.5 Å². The second-order valence-corrected chi connectivity index (χ2v) is 8.83. The Labute approximate surface area is 195 Å². The lowest BCUT2D eigenvalue weighted by atomic mass is 9.66. The number of piperidine rings is 1. The Morgan fingerprint density at radius 2 is 1.67 bits per heavy atom. The zero-order chi connectivity index (χ0) is 23.6. The molecule has 1 heterocycles. The minimum atomic E-state index is -0.781. The molecule has 0 spiro atoms. The number of hydrogen-bond acceptors (Lipinski definition) is 6. The van der Waals surface area contributed by atoms with Gasteiger partial charge >= 0.3 is 0 Å². The summed E-state index contributed by atoms with van der Waals surface area (Å²) in [7, 11) is 6.33. The summed E-state index contributed by atoms with van der Waals surface area (Å²) in [4.78, 5) is 15.8. The molecule has 0 radical (unpaired) electrons. The van der Waals surface area contributed by atoms with Crippen LogP contribution in [0.2, 0.25) is 0 Å². The molecule has 3 atom stereocenters. The molecule has 33 heavy (non-hydrogen) atoms. The fourth-order valence-electron chi connectivity index (χ4n) is 5.49. The number of carbonyl (C=O) groups excluding carboxylic acids is 1. The SMILES string of the molecule is COc1ccc(C(=O)N2CCC3(O)CCCCC3C2c2ccc(OC)c(OC)c2)c(OC)c1. The second-order valence-electron chi connectivity index (χ2n) is 8.83. The summed E-state index contributed by atoms with van der Waals surface area (Å²) in [6.07, 6.45) is 4.22. The Hall–Kier alpha value is -2.93. The molecular formula is C26H33NO6. The molecule has 178 valence electrons. The number of ether oxygens (including phenoxy) is 4. The van der Waals surface area contributed by atoms with Crippen molar-refractivity contribution in [3.63, 3.8) is 0 Å². The Bertz CT molecular complexity index is 1010. The number of amides is 1. The number of hydrogen-bond donors (Lipinski definition) is 1. The van der Waals surface area contributed by atoms with Crippen LogP contribution in [0.1, 0.15) is 54.1 Å². The van der Waals surface area contributed by atoms with Crippen molar-refractivity contribution in [2.45, 2.75) is 43.7 Å². The zero-order valence-electron chi connectivity index (χ0n) is 19.8. The Balaban J connectivity index is 1.79. The van der Waals surface area contributed by atoms with Crippen LogP contribution in [-0.4, -0.2) is 56.5 Å². The topological polar surface area (TPSA) is 77.5 Å². The minimum Gasteiger partial charge on any atom is -0.497 e.